The second kappa shape index (κ2) is 5.86. The van der Waals surface area contributed by atoms with Crippen LogP contribution >= 0.6 is 0 Å². The summed E-state index contributed by atoms with van der Waals surface area (Å²) in [6.07, 6.45) is 11.8. The van der Waals surface area contributed by atoms with Crippen molar-refractivity contribution < 1.29 is 9.80 Å². The van der Waals surface area contributed by atoms with Gasteiger partial charge in [-0.05, 0) is 56.1 Å². The maximum Gasteiger partial charge on any atom is 0.127 e. The number of aromatic nitrogens is 1. The Morgan fingerprint density at radius 1 is 0.826 bits per heavy atom. The molecule has 0 aromatic carbocycles. The number of nitrogens with one attached hydrogen (secondary N) is 2. The highest BCUT2D eigenvalue weighted by Crippen LogP contribution is 2.52. The lowest BCUT2D eigenvalue weighted by Crippen LogP contribution is -3.30. The summed E-state index contributed by atoms with van der Waals surface area (Å²) in [5.74, 6) is 4.41. The zero-order valence-electron chi connectivity index (χ0n) is 14.2. The van der Waals surface area contributed by atoms with Crippen molar-refractivity contribution in [3.63, 3.8) is 0 Å². The van der Waals surface area contributed by atoms with E-state index in [0.29, 0.717) is 0 Å². The molecule has 1 saturated heterocycles. The maximum absolute atomic E-state index is 4.14. The molecular formula is C20H31N3+2. The van der Waals surface area contributed by atoms with Crippen LogP contribution in [0.3, 0.4) is 0 Å². The molecule has 23 heavy (non-hydrogen) atoms. The molecule has 6 rings (SSSR count). The van der Waals surface area contributed by atoms with Crippen molar-refractivity contribution in [2.75, 3.05) is 26.2 Å². The SMILES string of the molecule is c1cc(C[NH+]2CC[NH+](C3C4CC5CC(C4)CC3C5)CC2)ccn1. The minimum Gasteiger partial charge on any atom is -0.323 e. The third-order valence-electron chi connectivity index (χ3n) is 7.50. The molecule has 0 spiro atoms. The van der Waals surface area contributed by atoms with Crippen molar-refractivity contribution in [2.24, 2.45) is 23.7 Å². The summed E-state index contributed by atoms with van der Waals surface area (Å²) >= 11 is 0. The first-order chi connectivity index (χ1) is 11.3. The first-order valence-electron chi connectivity index (χ1n) is 9.92. The number of hydrogen-bond acceptors (Lipinski definition) is 1. The van der Waals surface area contributed by atoms with E-state index in [9.17, 15) is 0 Å². The quantitative estimate of drug-likeness (QED) is 0.817. The van der Waals surface area contributed by atoms with E-state index in [1.807, 2.05) is 17.3 Å². The molecule has 0 atom stereocenters. The van der Waals surface area contributed by atoms with E-state index >= 15 is 0 Å². The summed E-state index contributed by atoms with van der Waals surface area (Å²) in [6, 6.07) is 5.40. The molecule has 1 aliphatic heterocycles. The predicted octanol–water partition coefficient (Wildman–Crippen LogP) is 0.190. The van der Waals surface area contributed by atoms with Crippen LogP contribution in [-0.2, 0) is 6.54 Å². The molecular weight excluding hydrogens is 282 g/mol. The van der Waals surface area contributed by atoms with Crippen molar-refractivity contribution in [3.05, 3.63) is 30.1 Å². The Kier molecular flexibility index (Phi) is 3.67. The van der Waals surface area contributed by atoms with E-state index in [2.05, 4.69) is 17.1 Å². The Morgan fingerprint density at radius 2 is 1.43 bits per heavy atom. The van der Waals surface area contributed by atoms with Gasteiger partial charge in [0.2, 0.25) is 0 Å². The van der Waals surface area contributed by atoms with E-state index in [1.165, 1.54) is 38.3 Å². The molecule has 1 aromatic heterocycles. The molecule has 0 radical (unpaired) electrons. The highest BCUT2D eigenvalue weighted by atomic mass is 15.3. The van der Waals surface area contributed by atoms with Gasteiger partial charge in [0.05, 0.1) is 6.04 Å². The number of quaternary nitrogens is 2. The molecule has 4 saturated carbocycles. The number of nitrogens with zero attached hydrogens (tertiary/aromatic N) is 1. The number of pyridine rings is 1. The van der Waals surface area contributed by atoms with E-state index < -0.39 is 0 Å². The number of hydrogen-bond donors (Lipinski definition) is 2. The smallest absolute Gasteiger partial charge is 0.127 e. The summed E-state index contributed by atoms with van der Waals surface area (Å²) < 4.78 is 0. The zero-order valence-corrected chi connectivity index (χ0v) is 14.2. The molecule has 3 heteroatoms. The normalized spacial score (nSPS) is 45.3. The molecule has 4 aliphatic carbocycles. The lowest BCUT2D eigenvalue weighted by atomic mass is 9.54. The fourth-order valence-electron chi connectivity index (χ4n) is 6.82. The van der Waals surface area contributed by atoms with Crippen LogP contribution in [0.25, 0.3) is 0 Å². The number of rotatable bonds is 3. The molecule has 5 aliphatic rings. The molecule has 4 bridgehead atoms. The Hall–Kier alpha value is -0.930. The Morgan fingerprint density at radius 3 is 2.04 bits per heavy atom. The van der Waals surface area contributed by atoms with Gasteiger partial charge in [0, 0.05) is 29.8 Å². The summed E-state index contributed by atoms with van der Waals surface area (Å²) in [4.78, 5) is 7.91. The second-order valence-electron chi connectivity index (χ2n) is 8.90. The van der Waals surface area contributed by atoms with Gasteiger partial charge in [-0.25, -0.2) is 0 Å². The Balaban J connectivity index is 1.20. The van der Waals surface area contributed by atoms with Crippen molar-refractivity contribution in [3.8, 4) is 0 Å². The second-order valence-corrected chi connectivity index (χ2v) is 8.90. The van der Waals surface area contributed by atoms with Crippen molar-refractivity contribution in [2.45, 2.75) is 44.7 Å². The molecule has 2 heterocycles. The third-order valence-corrected chi connectivity index (χ3v) is 7.50. The van der Waals surface area contributed by atoms with Crippen molar-refractivity contribution >= 4 is 0 Å². The minimum atomic E-state index is 1.03. The van der Waals surface area contributed by atoms with Gasteiger partial charge in [-0.15, -0.1) is 0 Å². The summed E-state index contributed by atoms with van der Waals surface area (Å²) in [5.41, 5.74) is 1.45. The van der Waals surface area contributed by atoms with Gasteiger partial charge < -0.3 is 9.80 Å². The third kappa shape index (κ3) is 2.72. The van der Waals surface area contributed by atoms with E-state index in [4.69, 9.17) is 0 Å². The largest absolute Gasteiger partial charge is 0.323 e. The number of piperazine rings is 1. The van der Waals surface area contributed by atoms with Gasteiger partial charge in [-0.1, -0.05) is 0 Å². The van der Waals surface area contributed by atoms with Gasteiger partial charge in [0.25, 0.3) is 0 Å². The van der Waals surface area contributed by atoms with Gasteiger partial charge in [-0.2, -0.15) is 0 Å². The molecule has 3 nitrogen and oxygen atoms in total. The monoisotopic (exact) mass is 313 g/mol. The van der Waals surface area contributed by atoms with E-state index in [-0.39, 0.29) is 0 Å². The molecule has 1 aromatic rings. The van der Waals surface area contributed by atoms with Gasteiger partial charge in [0.1, 0.15) is 32.7 Å². The molecule has 2 N–H and O–H groups in total. The van der Waals surface area contributed by atoms with Crippen LogP contribution in [-0.4, -0.2) is 37.2 Å². The maximum atomic E-state index is 4.14. The van der Waals surface area contributed by atoms with Crippen molar-refractivity contribution in [1.82, 2.24) is 4.98 Å². The fourth-order valence-corrected chi connectivity index (χ4v) is 6.82. The average molecular weight is 313 g/mol. The van der Waals surface area contributed by atoms with Gasteiger partial charge >= 0.3 is 0 Å². The van der Waals surface area contributed by atoms with E-state index in [1.54, 1.807) is 37.0 Å². The molecule has 0 amide bonds. The van der Waals surface area contributed by atoms with Gasteiger partial charge in [-0.3, -0.25) is 4.98 Å². The van der Waals surface area contributed by atoms with Crippen LogP contribution in [0.5, 0.6) is 0 Å². The van der Waals surface area contributed by atoms with Crippen LogP contribution < -0.4 is 9.80 Å². The van der Waals surface area contributed by atoms with Crippen molar-refractivity contribution in [1.29, 1.82) is 0 Å². The Bertz CT molecular complexity index is 507. The van der Waals surface area contributed by atoms with E-state index in [0.717, 1.165) is 29.7 Å². The van der Waals surface area contributed by atoms with Crippen LogP contribution in [0.1, 0.15) is 37.7 Å². The lowest BCUT2D eigenvalue weighted by molar-refractivity contribution is -1.03. The summed E-state index contributed by atoms with van der Waals surface area (Å²) in [5, 5.41) is 0. The molecule has 5 fully saturated rings. The van der Waals surface area contributed by atoms with Gasteiger partial charge in [0.15, 0.2) is 0 Å². The standard InChI is InChI=1S/C20H29N3/c1-3-21-4-2-15(1)14-22-5-7-23(8-6-22)20-18-10-16-9-17(12-18)13-19(20)11-16/h1-4,16-20H,5-14H2/p+2. The topological polar surface area (TPSA) is 21.8 Å². The highest BCUT2D eigenvalue weighted by Gasteiger charge is 2.52. The average Bonchev–Trinajstić information content (AvgIpc) is 2.56. The zero-order chi connectivity index (χ0) is 15.2. The van der Waals surface area contributed by atoms with Crippen LogP contribution in [0.4, 0.5) is 0 Å². The fraction of sp³-hybridized carbons (Fsp3) is 0.750. The first-order valence-corrected chi connectivity index (χ1v) is 9.92. The summed E-state index contributed by atoms with van der Waals surface area (Å²) in [6.45, 7) is 6.74. The van der Waals surface area contributed by atoms with Crippen LogP contribution in [0.15, 0.2) is 24.5 Å². The lowest BCUT2D eigenvalue weighted by Gasteiger charge is -2.55. The highest BCUT2D eigenvalue weighted by molar-refractivity contribution is 5.07. The summed E-state index contributed by atoms with van der Waals surface area (Å²) in [7, 11) is 0. The van der Waals surface area contributed by atoms with Crippen LogP contribution in [0.2, 0.25) is 0 Å². The molecule has 124 valence electrons. The minimum absolute atomic E-state index is 1.03. The predicted molar refractivity (Wildman–Crippen MR) is 90.2 cm³/mol. The Labute approximate surface area is 140 Å². The first kappa shape index (κ1) is 14.4. The molecule has 0 unspecified atom stereocenters. The van der Waals surface area contributed by atoms with Crippen LogP contribution in [0, 0.1) is 23.7 Å².